The van der Waals surface area contributed by atoms with Crippen molar-refractivity contribution in [2.24, 2.45) is 0 Å². The summed E-state index contributed by atoms with van der Waals surface area (Å²) < 4.78 is 14.1. The molecule has 1 N–H and O–H groups in total. The van der Waals surface area contributed by atoms with Gasteiger partial charge in [0.2, 0.25) is 0 Å². The number of carbonyl (C=O) groups is 1. The van der Waals surface area contributed by atoms with E-state index in [9.17, 15) is 9.18 Å². The molecule has 0 aromatic heterocycles. The number of aromatic carboxylic acids is 1. The number of carboxylic acid groups (broad SMARTS) is 1. The van der Waals surface area contributed by atoms with Gasteiger partial charge in [-0.15, -0.1) is 0 Å². The van der Waals surface area contributed by atoms with Crippen LogP contribution in [0.3, 0.4) is 0 Å². The topological polar surface area (TPSA) is 40.5 Å². The molecule has 2 aromatic rings. The van der Waals surface area contributed by atoms with Gasteiger partial charge in [0.05, 0.1) is 5.56 Å². The van der Waals surface area contributed by atoms with E-state index in [1.165, 1.54) is 11.6 Å². The molecule has 0 amide bonds. The van der Waals surface area contributed by atoms with Gasteiger partial charge in [0.1, 0.15) is 5.82 Å². The molecule has 4 heteroatoms. The van der Waals surface area contributed by atoms with Crippen LogP contribution in [0.5, 0.6) is 0 Å². The molecule has 0 heterocycles. The quantitative estimate of drug-likeness (QED) is 0.915. The van der Waals surface area contributed by atoms with Gasteiger partial charge in [0.15, 0.2) is 0 Å². The van der Waals surface area contributed by atoms with Gasteiger partial charge in [-0.25, -0.2) is 9.18 Å². The summed E-state index contributed by atoms with van der Waals surface area (Å²) in [6, 6.07) is 12.6. The number of hydrogen-bond acceptors (Lipinski definition) is 2. The first-order valence-electron chi connectivity index (χ1n) is 6.72. The normalized spacial score (nSPS) is 10.9. The molecule has 110 valence electrons. The van der Waals surface area contributed by atoms with Gasteiger partial charge in [-0.1, -0.05) is 42.0 Å². The second-order valence-corrected chi connectivity index (χ2v) is 5.24. The fraction of sp³-hybridized carbons (Fsp3) is 0.235. The smallest absolute Gasteiger partial charge is 0.338 e. The lowest BCUT2D eigenvalue weighted by Gasteiger charge is -2.17. The van der Waals surface area contributed by atoms with Crippen molar-refractivity contribution in [3.63, 3.8) is 0 Å². The van der Waals surface area contributed by atoms with Gasteiger partial charge >= 0.3 is 5.97 Å². The second-order valence-electron chi connectivity index (χ2n) is 5.24. The molecule has 0 atom stereocenters. The SMILES string of the molecule is Cc1ccc(CN(C)Cc2cccc(C(=O)O)c2F)cc1. The highest BCUT2D eigenvalue weighted by atomic mass is 19.1. The third-order valence-corrected chi connectivity index (χ3v) is 3.32. The van der Waals surface area contributed by atoms with Gasteiger partial charge in [-0.2, -0.15) is 0 Å². The molecular weight excluding hydrogens is 269 g/mol. The van der Waals surface area contributed by atoms with E-state index < -0.39 is 11.8 Å². The molecule has 2 rings (SSSR count). The van der Waals surface area contributed by atoms with Crippen LogP contribution in [-0.4, -0.2) is 23.0 Å². The minimum atomic E-state index is -1.24. The highest BCUT2D eigenvalue weighted by Crippen LogP contribution is 2.16. The number of hydrogen-bond donors (Lipinski definition) is 1. The van der Waals surface area contributed by atoms with Crippen LogP contribution in [0.4, 0.5) is 4.39 Å². The van der Waals surface area contributed by atoms with Crippen LogP contribution in [0.1, 0.15) is 27.0 Å². The first-order chi connectivity index (χ1) is 9.97. The number of aryl methyl sites for hydroxylation is 1. The summed E-state index contributed by atoms with van der Waals surface area (Å²) in [7, 11) is 1.88. The molecule has 0 fully saturated rings. The van der Waals surface area contributed by atoms with Gasteiger partial charge in [-0.05, 0) is 25.6 Å². The summed E-state index contributed by atoms with van der Waals surface area (Å²) in [4.78, 5) is 12.9. The van der Waals surface area contributed by atoms with Crippen LogP contribution in [0.15, 0.2) is 42.5 Å². The summed E-state index contributed by atoms with van der Waals surface area (Å²) in [5, 5.41) is 8.93. The zero-order valence-corrected chi connectivity index (χ0v) is 12.1. The van der Waals surface area contributed by atoms with E-state index in [1.807, 2.05) is 43.1 Å². The molecule has 0 saturated carbocycles. The Kier molecular flexibility index (Phi) is 4.70. The highest BCUT2D eigenvalue weighted by molar-refractivity contribution is 5.88. The van der Waals surface area contributed by atoms with Crippen molar-refractivity contribution in [1.29, 1.82) is 0 Å². The van der Waals surface area contributed by atoms with Crippen molar-refractivity contribution in [3.8, 4) is 0 Å². The Balaban J connectivity index is 2.09. The first-order valence-corrected chi connectivity index (χ1v) is 6.72. The van der Waals surface area contributed by atoms with Crippen LogP contribution in [0, 0.1) is 12.7 Å². The van der Waals surface area contributed by atoms with Crippen molar-refractivity contribution in [1.82, 2.24) is 4.90 Å². The molecule has 0 unspecified atom stereocenters. The average Bonchev–Trinajstić information content (AvgIpc) is 2.43. The Morgan fingerprint density at radius 3 is 2.43 bits per heavy atom. The van der Waals surface area contributed by atoms with Crippen LogP contribution < -0.4 is 0 Å². The van der Waals surface area contributed by atoms with Crippen molar-refractivity contribution in [2.75, 3.05) is 7.05 Å². The molecule has 0 radical (unpaired) electrons. The van der Waals surface area contributed by atoms with E-state index >= 15 is 0 Å². The Labute approximate surface area is 123 Å². The largest absolute Gasteiger partial charge is 0.478 e. The highest BCUT2D eigenvalue weighted by Gasteiger charge is 2.14. The number of halogens is 1. The summed E-state index contributed by atoms with van der Waals surface area (Å²) >= 11 is 0. The van der Waals surface area contributed by atoms with E-state index in [0.717, 1.165) is 5.56 Å². The zero-order chi connectivity index (χ0) is 15.4. The van der Waals surface area contributed by atoms with Gasteiger partial charge in [-0.3, -0.25) is 4.90 Å². The van der Waals surface area contributed by atoms with Crippen molar-refractivity contribution in [2.45, 2.75) is 20.0 Å². The predicted octanol–water partition coefficient (Wildman–Crippen LogP) is 3.46. The molecule has 21 heavy (non-hydrogen) atoms. The fourth-order valence-corrected chi connectivity index (χ4v) is 2.22. The maximum absolute atomic E-state index is 14.1. The van der Waals surface area contributed by atoms with Crippen LogP contribution in [0.25, 0.3) is 0 Å². The average molecular weight is 287 g/mol. The minimum absolute atomic E-state index is 0.281. The number of nitrogens with zero attached hydrogens (tertiary/aromatic N) is 1. The van der Waals surface area contributed by atoms with E-state index in [4.69, 9.17) is 5.11 Å². The van der Waals surface area contributed by atoms with Crippen LogP contribution >= 0.6 is 0 Å². The number of benzene rings is 2. The third-order valence-electron chi connectivity index (χ3n) is 3.32. The molecule has 0 bridgehead atoms. The van der Waals surface area contributed by atoms with Crippen molar-refractivity contribution in [3.05, 3.63) is 70.5 Å². The third kappa shape index (κ3) is 3.89. The fourth-order valence-electron chi connectivity index (χ4n) is 2.22. The molecule has 0 aliphatic rings. The monoisotopic (exact) mass is 287 g/mol. The number of rotatable bonds is 5. The van der Waals surface area contributed by atoms with Crippen LogP contribution in [0.2, 0.25) is 0 Å². The Bertz CT molecular complexity index is 638. The lowest BCUT2D eigenvalue weighted by molar-refractivity contribution is 0.0691. The lowest BCUT2D eigenvalue weighted by atomic mass is 10.1. The van der Waals surface area contributed by atoms with Crippen molar-refractivity contribution >= 4 is 5.97 Å². The molecule has 3 nitrogen and oxygen atoms in total. The summed E-state index contributed by atoms with van der Waals surface area (Å²) in [5.41, 5.74) is 2.44. The second kappa shape index (κ2) is 6.50. The molecule has 0 spiro atoms. The minimum Gasteiger partial charge on any atom is -0.478 e. The summed E-state index contributed by atoms with van der Waals surface area (Å²) in [6.07, 6.45) is 0. The van der Waals surface area contributed by atoms with E-state index in [-0.39, 0.29) is 5.56 Å². The number of carboxylic acids is 1. The molecule has 0 aliphatic carbocycles. The molecule has 0 aliphatic heterocycles. The molecular formula is C17H18FNO2. The van der Waals surface area contributed by atoms with E-state index in [1.54, 1.807) is 12.1 Å². The Morgan fingerprint density at radius 1 is 1.14 bits per heavy atom. The molecule has 2 aromatic carbocycles. The molecule has 0 saturated heterocycles. The van der Waals surface area contributed by atoms with Crippen molar-refractivity contribution < 1.29 is 14.3 Å². The Hall–Kier alpha value is -2.20. The predicted molar refractivity (Wildman–Crippen MR) is 79.7 cm³/mol. The van der Waals surface area contributed by atoms with E-state index in [0.29, 0.717) is 18.7 Å². The van der Waals surface area contributed by atoms with Gasteiger partial charge in [0.25, 0.3) is 0 Å². The summed E-state index contributed by atoms with van der Waals surface area (Å²) in [5.74, 6) is -1.89. The standard InChI is InChI=1S/C17H18FNO2/c1-12-6-8-13(9-7-12)10-19(2)11-14-4-3-5-15(16(14)18)17(20)21/h3-9H,10-11H2,1-2H3,(H,20,21). The van der Waals surface area contributed by atoms with E-state index in [2.05, 4.69) is 0 Å². The maximum Gasteiger partial charge on any atom is 0.338 e. The van der Waals surface area contributed by atoms with Crippen LogP contribution in [-0.2, 0) is 13.1 Å². The summed E-state index contributed by atoms with van der Waals surface area (Å²) in [6.45, 7) is 3.07. The maximum atomic E-state index is 14.1. The van der Waals surface area contributed by atoms with Gasteiger partial charge < -0.3 is 5.11 Å². The Morgan fingerprint density at radius 2 is 1.81 bits per heavy atom. The zero-order valence-electron chi connectivity index (χ0n) is 12.1. The van der Waals surface area contributed by atoms with Gasteiger partial charge in [0, 0.05) is 18.7 Å². The lowest BCUT2D eigenvalue weighted by Crippen LogP contribution is -2.18. The first kappa shape index (κ1) is 15.2.